The fourth-order valence-corrected chi connectivity index (χ4v) is 4.43. The van der Waals surface area contributed by atoms with Gasteiger partial charge in [-0.1, -0.05) is 36.4 Å². The van der Waals surface area contributed by atoms with E-state index < -0.39 is 9.84 Å². The van der Waals surface area contributed by atoms with Gasteiger partial charge in [-0.25, -0.2) is 8.42 Å². The number of oxazole rings is 1. The molecule has 1 saturated heterocycles. The molecule has 5 rings (SSSR count). The SMILES string of the molecule is CS(=O)(=O)c1ccc(Nc2nc3cccc(-c4ccc(C5CNCCO5)cc4)c3o2)cc1. The Bertz CT molecular complexity index is 1340. The molecule has 8 heteroatoms. The molecule has 164 valence electrons. The van der Waals surface area contributed by atoms with Crippen LogP contribution in [0.25, 0.3) is 22.2 Å². The van der Waals surface area contributed by atoms with Crippen LogP contribution in [0.3, 0.4) is 0 Å². The normalized spacial score (nSPS) is 16.8. The van der Waals surface area contributed by atoms with Gasteiger partial charge in [-0.3, -0.25) is 0 Å². The molecule has 0 saturated carbocycles. The summed E-state index contributed by atoms with van der Waals surface area (Å²) in [4.78, 5) is 4.80. The highest BCUT2D eigenvalue weighted by atomic mass is 32.2. The first-order chi connectivity index (χ1) is 15.5. The minimum Gasteiger partial charge on any atom is -0.423 e. The number of hydrogen-bond acceptors (Lipinski definition) is 7. The largest absolute Gasteiger partial charge is 0.423 e. The first-order valence-electron chi connectivity index (χ1n) is 10.4. The van der Waals surface area contributed by atoms with Crippen molar-refractivity contribution in [3.05, 3.63) is 72.3 Å². The Morgan fingerprint density at radius 3 is 2.50 bits per heavy atom. The topological polar surface area (TPSA) is 93.5 Å². The molecule has 0 bridgehead atoms. The Balaban J connectivity index is 1.41. The average molecular weight is 450 g/mol. The molecule has 1 aliphatic rings. The van der Waals surface area contributed by atoms with E-state index in [0.29, 0.717) is 17.3 Å². The molecule has 7 nitrogen and oxygen atoms in total. The van der Waals surface area contributed by atoms with Crippen LogP contribution in [-0.4, -0.2) is 39.4 Å². The van der Waals surface area contributed by atoms with Crippen molar-refractivity contribution >= 4 is 32.6 Å². The average Bonchev–Trinajstić information content (AvgIpc) is 3.22. The summed E-state index contributed by atoms with van der Waals surface area (Å²) in [6.07, 6.45) is 1.26. The molecule has 2 heterocycles. The van der Waals surface area contributed by atoms with Crippen LogP contribution in [0.2, 0.25) is 0 Å². The number of para-hydroxylation sites is 1. The lowest BCUT2D eigenvalue weighted by Gasteiger charge is -2.24. The number of ether oxygens (including phenoxy) is 1. The summed E-state index contributed by atoms with van der Waals surface area (Å²) in [7, 11) is -3.24. The van der Waals surface area contributed by atoms with Crippen LogP contribution in [0.1, 0.15) is 11.7 Å². The number of sulfone groups is 1. The van der Waals surface area contributed by atoms with Crippen LogP contribution >= 0.6 is 0 Å². The van der Waals surface area contributed by atoms with Crippen LogP contribution < -0.4 is 10.6 Å². The maximum atomic E-state index is 11.6. The quantitative estimate of drug-likeness (QED) is 0.469. The predicted octanol–water partition coefficient (Wildman–Crippen LogP) is 4.30. The minimum atomic E-state index is -3.24. The smallest absolute Gasteiger partial charge is 0.300 e. The lowest BCUT2D eigenvalue weighted by molar-refractivity contribution is 0.0277. The third-order valence-corrected chi connectivity index (χ3v) is 6.60. The Labute approximate surface area is 186 Å². The van der Waals surface area contributed by atoms with Crippen molar-refractivity contribution in [2.45, 2.75) is 11.0 Å². The molecule has 1 fully saturated rings. The Morgan fingerprint density at radius 2 is 1.81 bits per heavy atom. The number of morpholine rings is 1. The van der Waals surface area contributed by atoms with Crippen LogP contribution in [0.5, 0.6) is 0 Å². The second kappa shape index (κ2) is 8.38. The maximum Gasteiger partial charge on any atom is 0.300 e. The Hall–Kier alpha value is -3.20. The van der Waals surface area contributed by atoms with Crippen LogP contribution in [-0.2, 0) is 14.6 Å². The van der Waals surface area contributed by atoms with Crippen LogP contribution in [0.4, 0.5) is 11.7 Å². The molecule has 1 aliphatic heterocycles. The van der Waals surface area contributed by atoms with Gasteiger partial charge in [0.15, 0.2) is 15.4 Å². The van der Waals surface area contributed by atoms with E-state index in [9.17, 15) is 8.42 Å². The van der Waals surface area contributed by atoms with E-state index in [2.05, 4.69) is 39.9 Å². The zero-order chi connectivity index (χ0) is 22.1. The van der Waals surface area contributed by atoms with Gasteiger partial charge >= 0.3 is 0 Å². The molecular formula is C24H23N3O4S. The Morgan fingerprint density at radius 1 is 1.03 bits per heavy atom. The molecule has 1 unspecified atom stereocenters. The van der Waals surface area contributed by atoms with Gasteiger partial charge in [0, 0.05) is 30.6 Å². The number of hydrogen-bond donors (Lipinski definition) is 2. The van der Waals surface area contributed by atoms with Gasteiger partial charge in [-0.05, 0) is 41.5 Å². The summed E-state index contributed by atoms with van der Waals surface area (Å²) in [5.74, 6) is 0. The highest BCUT2D eigenvalue weighted by Gasteiger charge is 2.17. The molecule has 32 heavy (non-hydrogen) atoms. The lowest BCUT2D eigenvalue weighted by atomic mass is 10.0. The van der Waals surface area contributed by atoms with E-state index in [1.54, 1.807) is 24.3 Å². The van der Waals surface area contributed by atoms with E-state index in [1.807, 2.05) is 18.2 Å². The predicted molar refractivity (Wildman–Crippen MR) is 124 cm³/mol. The first kappa shape index (κ1) is 20.7. The third kappa shape index (κ3) is 4.25. The molecule has 4 aromatic rings. The summed E-state index contributed by atoms with van der Waals surface area (Å²) < 4.78 is 35.1. The van der Waals surface area contributed by atoms with Gasteiger partial charge < -0.3 is 19.8 Å². The number of benzene rings is 3. The summed E-state index contributed by atoms with van der Waals surface area (Å²) in [6, 6.07) is 21.0. The lowest BCUT2D eigenvalue weighted by Crippen LogP contribution is -2.33. The number of anilines is 2. The molecular weight excluding hydrogens is 426 g/mol. The van der Waals surface area contributed by atoms with Crippen molar-refractivity contribution in [3.8, 4) is 11.1 Å². The second-order valence-electron chi connectivity index (χ2n) is 7.78. The van der Waals surface area contributed by atoms with Crippen molar-refractivity contribution < 1.29 is 17.6 Å². The first-order valence-corrected chi connectivity index (χ1v) is 12.3. The highest BCUT2D eigenvalue weighted by molar-refractivity contribution is 7.90. The third-order valence-electron chi connectivity index (χ3n) is 5.47. The summed E-state index contributed by atoms with van der Waals surface area (Å²) >= 11 is 0. The summed E-state index contributed by atoms with van der Waals surface area (Å²) in [5.41, 5.74) is 5.24. The van der Waals surface area contributed by atoms with Gasteiger partial charge in [0.05, 0.1) is 17.6 Å². The van der Waals surface area contributed by atoms with E-state index in [4.69, 9.17) is 9.15 Å². The molecule has 1 aromatic heterocycles. The second-order valence-corrected chi connectivity index (χ2v) is 9.80. The van der Waals surface area contributed by atoms with E-state index >= 15 is 0 Å². The summed E-state index contributed by atoms with van der Waals surface area (Å²) in [6.45, 7) is 2.42. The Kier molecular flexibility index (Phi) is 5.42. The number of nitrogens with zero attached hydrogens (tertiary/aromatic N) is 1. The van der Waals surface area contributed by atoms with Gasteiger partial charge in [0.25, 0.3) is 6.01 Å². The molecule has 0 aliphatic carbocycles. The fraction of sp³-hybridized carbons (Fsp3) is 0.208. The minimum absolute atomic E-state index is 0.0729. The van der Waals surface area contributed by atoms with Gasteiger partial charge in [0.2, 0.25) is 0 Å². The van der Waals surface area contributed by atoms with Crippen molar-refractivity contribution in [2.75, 3.05) is 31.3 Å². The van der Waals surface area contributed by atoms with Crippen molar-refractivity contribution in [1.82, 2.24) is 10.3 Å². The highest BCUT2D eigenvalue weighted by Crippen LogP contribution is 2.32. The number of aromatic nitrogens is 1. The van der Waals surface area contributed by atoms with E-state index in [1.165, 1.54) is 6.26 Å². The monoisotopic (exact) mass is 449 g/mol. The molecule has 1 atom stereocenters. The molecule has 0 spiro atoms. The number of nitrogens with one attached hydrogen (secondary N) is 2. The van der Waals surface area contributed by atoms with Crippen LogP contribution in [0, 0.1) is 0 Å². The molecule has 0 radical (unpaired) electrons. The molecule has 2 N–H and O–H groups in total. The van der Waals surface area contributed by atoms with Crippen molar-refractivity contribution in [1.29, 1.82) is 0 Å². The molecule has 0 amide bonds. The van der Waals surface area contributed by atoms with Gasteiger partial charge in [-0.15, -0.1) is 0 Å². The zero-order valence-electron chi connectivity index (χ0n) is 17.5. The fourth-order valence-electron chi connectivity index (χ4n) is 3.80. The van der Waals surface area contributed by atoms with Gasteiger partial charge in [0.1, 0.15) is 5.52 Å². The van der Waals surface area contributed by atoms with E-state index in [-0.39, 0.29) is 11.0 Å². The zero-order valence-corrected chi connectivity index (χ0v) is 18.4. The van der Waals surface area contributed by atoms with Gasteiger partial charge in [-0.2, -0.15) is 4.98 Å². The standard InChI is InChI=1S/C24H23N3O4S/c1-32(28,29)19-11-9-18(10-12-19)26-24-27-21-4-2-3-20(23(21)31-24)16-5-7-17(8-6-16)22-15-25-13-14-30-22/h2-12,22,25H,13-15H2,1H3,(H,26,27). The molecule has 3 aromatic carbocycles. The summed E-state index contributed by atoms with van der Waals surface area (Å²) in [5, 5.41) is 6.46. The van der Waals surface area contributed by atoms with Crippen molar-refractivity contribution in [2.24, 2.45) is 0 Å². The number of rotatable bonds is 5. The number of fused-ring (bicyclic) bond motifs is 1. The van der Waals surface area contributed by atoms with E-state index in [0.717, 1.165) is 41.9 Å². The maximum absolute atomic E-state index is 11.6. The van der Waals surface area contributed by atoms with Crippen LogP contribution in [0.15, 0.2) is 76.0 Å². The van der Waals surface area contributed by atoms with Crippen molar-refractivity contribution in [3.63, 3.8) is 0 Å².